The van der Waals surface area contributed by atoms with E-state index >= 15 is 0 Å². The second-order valence-corrected chi connectivity index (χ2v) is 6.52. The van der Waals surface area contributed by atoms with Gasteiger partial charge in [-0.15, -0.1) is 0 Å². The number of hydrogen-bond acceptors (Lipinski definition) is 5. The molecule has 1 aliphatic heterocycles. The number of nitrogens with zero attached hydrogens (tertiary/aromatic N) is 1. The molecule has 124 valence electrons. The minimum absolute atomic E-state index is 0.00888. The molecule has 1 heterocycles. The maximum atomic E-state index is 10.9. The van der Waals surface area contributed by atoms with Crippen LogP contribution in [0.25, 0.3) is 0 Å². The maximum absolute atomic E-state index is 10.9. The van der Waals surface area contributed by atoms with Crippen LogP contribution in [0.3, 0.4) is 0 Å². The summed E-state index contributed by atoms with van der Waals surface area (Å²) < 4.78 is 11.3. The molecule has 0 aromatic carbocycles. The molecule has 0 aromatic rings. The van der Waals surface area contributed by atoms with Gasteiger partial charge < -0.3 is 20.1 Å². The van der Waals surface area contributed by atoms with Crippen molar-refractivity contribution >= 4 is 5.91 Å². The summed E-state index contributed by atoms with van der Waals surface area (Å²) in [6.45, 7) is 14.3. The Labute approximate surface area is 128 Å². The molecular formula is C15H31N3O3. The standard InChI is InChI=1S/C15H31N3O3/c1-13(19)16-11-14-12-18(7-10-21-14)6-9-20-8-5-17-15(2,3)4/h14,17H,5-12H2,1-4H3,(H,16,19). The molecule has 1 aliphatic rings. The van der Waals surface area contributed by atoms with Gasteiger partial charge in [-0.1, -0.05) is 0 Å². The molecule has 1 atom stereocenters. The second kappa shape index (κ2) is 9.35. The van der Waals surface area contributed by atoms with Crippen LogP contribution >= 0.6 is 0 Å². The van der Waals surface area contributed by atoms with E-state index in [1.54, 1.807) is 0 Å². The van der Waals surface area contributed by atoms with E-state index in [0.717, 1.165) is 46.0 Å². The van der Waals surface area contributed by atoms with Crippen molar-refractivity contribution in [2.45, 2.75) is 39.3 Å². The number of nitrogens with one attached hydrogen (secondary N) is 2. The fourth-order valence-corrected chi connectivity index (χ4v) is 2.16. The van der Waals surface area contributed by atoms with Crippen LogP contribution in [0.15, 0.2) is 0 Å². The lowest BCUT2D eigenvalue weighted by Gasteiger charge is -2.32. The van der Waals surface area contributed by atoms with Gasteiger partial charge in [0.25, 0.3) is 0 Å². The first-order valence-electron chi connectivity index (χ1n) is 7.78. The lowest BCUT2D eigenvalue weighted by Crippen LogP contribution is -2.48. The lowest BCUT2D eigenvalue weighted by atomic mass is 10.1. The Hall–Kier alpha value is -0.690. The summed E-state index contributed by atoms with van der Waals surface area (Å²) in [5.74, 6) is -0.00888. The van der Waals surface area contributed by atoms with Crippen LogP contribution in [-0.2, 0) is 14.3 Å². The predicted octanol–water partition coefficient (Wildman–Crippen LogP) is 0.228. The first-order chi connectivity index (χ1) is 9.87. The lowest BCUT2D eigenvalue weighted by molar-refractivity contribution is -0.120. The van der Waals surface area contributed by atoms with E-state index in [0.29, 0.717) is 6.54 Å². The smallest absolute Gasteiger partial charge is 0.216 e. The number of carbonyl (C=O) groups is 1. The number of rotatable bonds is 8. The van der Waals surface area contributed by atoms with Crippen LogP contribution < -0.4 is 10.6 Å². The summed E-state index contributed by atoms with van der Waals surface area (Å²) in [6.07, 6.45) is 0.0882. The molecule has 6 heteroatoms. The second-order valence-electron chi connectivity index (χ2n) is 6.52. The van der Waals surface area contributed by atoms with Crippen molar-refractivity contribution in [3.05, 3.63) is 0 Å². The molecule has 0 aromatic heterocycles. The van der Waals surface area contributed by atoms with E-state index < -0.39 is 0 Å². The Morgan fingerprint density at radius 3 is 2.81 bits per heavy atom. The van der Waals surface area contributed by atoms with Crippen LogP contribution in [0.4, 0.5) is 0 Å². The molecule has 0 radical (unpaired) electrons. The molecule has 1 amide bonds. The topological polar surface area (TPSA) is 62.8 Å². The van der Waals surface area contributed by atoms with E-state index in [-0.39, 0.29) is 17.6 Å². The maximum Gasteiger partial charge on any atom is 0.216 e. The van der Waals surface area contributed by atoms with Gasteiger partial charge in [0, 0.05) is 45.2 Å². The molecule has 2 N–H and O–H groups in total. The van der Waals surface area contributed by atoms with E-state index in [1.165, 1.54) is 6.92 Å². The summed E-state index contributed by atoms with van der Waals surface area (Å²) in [5.41, 5.74) is 0.143. The van der Waals surface area contributed by atoms with Crippen LogP contribution in [0.5, 0.6) is 0 Å². The molecule has 21 heavy (non-hydrogen) atoms. The number of morpholine rings is 1. The SMILES string of the molecule is CC(=O)NCC1CN(CCOCCNC(C)(C)C)CCO1. The third-order valence-corrected chi connectivity index (χ3v) is 3.26. The van der Waals surface area contributed by atoms with Crippen LogP contribution in [0.2, 0.25) is 0 Å². The van der Waals surface area contributed by atoms with Crippen molar-refractivity contribution in [1.29, 1.82) is 0 Å². The van der Waals surface area contributed by atoms with E-state index in [4.69, 9.17) is 9.47 Å². The fraction of sp³-hybridized carbons (Fsp3) is 0.933. The van der Waals surface area contributed by atoms with Gasteiger partial charge in [-0.2, -0.15) is 0 Å². The molecule has 1 saturated heterocycles. The van der Waals surface area contributed by atoms with Gasteiger partial charge in [0.15, 0.2) is 0 Å². The number of hydrogen-bond donors (Lipinski definition) is 2. The first-order valence-corrected chi connectivity index (χ1v) is 7.78. The quantitative estimate of drug-likeness (QED) is 0.628. The minimum Gasteiger partial charge on any atom is -0.379 e. The minimum atomic E-state index is -0.00888. The Balaban J connectivity index is 2.05. The Bertz CT molecular complexity index is 305. The highest BCUT2D eigenvalue weighted by atomic mass is 16.5. The largest absolute Gasteiger partial charge is 0.379 e. The highest BCUT2D eigenvalue weighted by Crippen LogP contribution is 2.04. The van der Waals surface area contributed by atoms with Crippen molar-refractivity contribution in [3.63, 3.8) is 0 Å². The molecule has 0 bridgehead atoms. The summed E-state index contributed by atoms with van der Waals surface area (Å²) in [5, 5.41) is 6.20. The molecule has 0 spiro atoms. The summed E-state index contributed by atoms with van der Waals surface area (Å²) >= 11 is 0. The Morgan fingerprint density at radius 2 is 2.14 bits per heavy atom. The van der Waals surface area contributed by atoms with Crippen molar-refractivity contribution < 1.29 is 14.3 Å². The normalized spacial score (nSPS) is 20.5. The summed E-state index contributed by atoms with van der Waals surface area (Å²) in [4.78, 5) is 13.2. The zero-order chi connectivity index (χ0) is 15.7. The molecule has 0 aliphatic carbocycles. The van der Waals surface area contributed by atoms with Crippen molar-refractivity contribution in [2.75, 3.05) is 52.5 Å². The first kappa shape index (κ1) is 18.4. The van der Waals surface area contributed by atoms with Gasteiger partial charge in [-0.05, 0) is 20.8 Å². The van der Waals surface area contributed by atoms with Gasteiger partial charge in [0.1, 0.15) is 0 Å². The molecule has 1 fully saturated rings. The third kappa shape index (κ3) is 9.79. The van der Waals surface area contributed by atoms with Gasteiger partial charge in [0.05, 0.1) is 25.9 Å². The monoisotopic (exact) mass is 301 g/mol. The van der Waals surface area contributed by atoms with Gasteiger partial charge in [0.2, 0.25) is 5.91 Å². The highest BCUT2D eigenvalue weighted by Gasteiger charge is 2.20. The van der Waals surface area contributed by atoms with Crippen LogP contribution in [0, 0.1) is 0 Å². The predicted molar refractivity (Wildman–Crippen MR) is 83.4 cm³/mol. The zero-order valence-corrected chi connectivity index (χ0v) is 13.9. The number of amides is 1. The van der Waals surface area contributed by atoms with Gasteiger partial charge in [-0.3, -0.25) is 9.69 Å². The molecule has 1 rings (SSSR count). The average Bonchev–Trinajstić information content (AvgIpc) is 2.40. The van der Waals surface area contributed by atoms with Gasteiger partial charge in [-0.25, -0.2) is 0 Å². The van der Waals surface area contributed by atoms with E-state index in [9.17, 15) is 4.79 Å². The van der Waals surface area contributed by atoms with Crippen molar-refractivity contribution in [1.82, 2.24) is 15.5 Å². The number of carbonyl (C=O) groups excluding carboxylic acids is 1. The van der Waals surface area contributed by atoms with Crippen molar-refractivity contribution in [3.8, 4) is 0 Å². The fourth-order valence-electron chi connectivity index (χ4n) is 2.16. The zero-order valence-electron chi connectivity index (χ0n) is 13.9. The molecule has 0 saturated carbocycles. The Kier molecular flexibility index (Phi) is 8.18. The summed E-state index contributed by atoms with van der Waals surface area (Å²) in [7, 11) is 0. The molecular weight excluding hydrogens is 270 g/mol. The number of ether oxygens (including phenoxy) is 2. The van der Waals surface area contributed by atoms with Crippen LogP contribution in [-0.4, -0.2) is 75.0 Å². The molecule has 1 unspecified atom stereocenters. The van der Waals surface area contributed by atoms with Crippen molar-refractivity contribution in [2.24, 2.45) is 0 Å². The van der Waals surface area contributed by atoms with Crippen LogP contribution in [0.1, 0.15) is 27.7 Å². The summed E-state index contributed by atoms with van der Waals surface area (Å²) in [6, 6.07) is 0. The average molecular weight is 301 g/mol. The highest BCUT2D eigenvalue weighted by molar-refractivity contribution is 5.72. The molecule has 6 nitrogen and oxygen atoms in total. The van der Waals surface area contributed by atoms with E-state index in [1.807, 2.05) is 0 Å². The van der Waals surface area contributed by atoms with Gasteiger partial charge >= 0.3 is 0 Å². The van der Waals surface area contributed by atoms with E-state index in [2.05, 4.69) is 36.3 Å². The third-order valence-electron chi connectivity index (χ3n) is 3.26. The Morgan fingerprint density at radius 1 is 1.38 bits per heavy atom.